The van der Waals surface area contributed by atoms with Gasteiger partial charge in [0.25, 0.3) is 0 Å². The van der Waals surface area contributed by atoms with Gasteiger partial charge in [-0.3, -0.25) is 0 Å². The summed E-state index contributed by atoms with van der Waals surface area (Å²) in [4.78, 5) is 0. The van der Waals surface area contributed by atoms with E-state index in [1.807, 2.05) is 0 Å². The molecule has 1 heterocycles. The van der Waals surface area contributed by atoms with Crippen LogP contribution in [0.1, 0.15) is 30.9 Å². The summed E-state index contributed by atoms with van der Waals surface area (Å²) in [5.74, 6) is 2.01. The van der Waals surface area contributed by atoms with Gasteiger partial charge in [0.05, 0.1) is 25.7 Å². The van der Waals surface area contributed by atoms with Gasteiger partial charge in [0.1, 0.15) is 5.75 Å². The maximum Gasteiger partial charge on any atom is 0.123 e. The molecule has 1 aromatic carbocycles. The lowest BCUT2D eigenvalue weighted by Gasteiger charge is -2.41. The minimum atomic E-state index is -0.0532. The third-order valence-electron chi connectivity index (χ3n) is 3.48. The number of hydrogen-bond acceptors (Lipinski definition) is 2. The van der Waals surface area contributed by atoms with E-state index < -0.39 is 0 Å². The second-order valence-electron chi connectivity index (χ2n) is 5.02. The third-order valence-corrected chi connectivity index (χ3v) is 3.99. The van der Waals surface area contributed by atoms with Crippen molar-refractivity contribution in [3.63, 3.8) is 0 Å². The van der Waals surface area contributed by atoms with Gasteiger partial charge in [-0.1, -0.05) is 26.0 Å². The zero-order chi connectivity index (χ0) is 12.5. The van der Waals surface area contributed by atoms with E-state index >= 15 is 0 Å². The van der Waals surface area contributed by atoms with Crippen molar-refractivity contribution in [3.8, 4) is 5.75 Å². The van der Waals surface area contributed by atoms with E-state index in [-0.39, 0.29) is 5.41 Å². The van der Waals surface area contributed by atoms with Gasteiger partial charge in [-0.05, 0) is 17.5 Å². The van der Waals surface area contributed by atoms with Gasteiger partial charge < -0.3 is 9.47 Å². The highest BCUT2D eigenvalue weighted by atomic mass is 35.5. The standard InChI is InChI=1S/C14H19ClO2/c1-10(2)11-4-5-12(13(6-11)16-3)14(7-15)8-17-9-14/h4-6,10H,7-9H2,1-3H3. The molecule has 1 aromatic rings. The Balaban J connectivity index is 2.40. The van der Waals surface area contributed by atoms with Gasteiger partial charge in [0, 0.05) is 11.4 Å². The monoisotopic (exact) mass is 254 g/mol. The van der Waals surface area contributed by atoms with E-state index in [4.69, 9.17) is 21.1 Å². The quantitative estimate of drug-likeness (QED) is 0.768. The molecule has 94 valence electrons. The predicted molar refractivity (Wildman–Crippen MR) is 70.3 cm³/mol. The highest BCUT2D eigenvalue weighted by Gasteiger charge is 2.41. The number of halogens is 1. The molecule has 1 fully saturated rings. The second-order valence-corrected chi connectivity index (χ2v) is 5.29. The Morgan fingerprint density at radius 2 is 2.12 bits per heavy atom. The lowest BCUT2D eigenvalue weighted by Crippen LogP contribution is -2.48. The van der Waals surface area contributed by atoms with Gasteiger partial charge >= 0.3 is 0 Å². The Morgan fingerprint density at radius 3 is 2.53 bits per heavy atom. The molecule has 1 aliphatic rings. The molecule has 0 aromatic heterocycles. The molecule has 0 saturated carbocycles. The second kappa shape index (κ2) is 4.87. The van der Waals surface area contributed by atoms with Crippen LogP contribution in [-0.4, -0.2) is 26.2 Å². The molecule has 0 N–H and O–H groups in total. The molecule has 0 aliphatic carbocycles. The minimum Gasteiger partial charge on any atom is -0.496 e. The molecule has 0 amide bonds. The highest BCUT2D eigenvalue weighted by molar-refractivity contribution is 6.18. The van der Waals surface area contributed by atoms with Crippen LogP contribution >= 0.6 is 11.6 Å². The van der Waals surface area contributed by atoms with E-state index in [1.165, 1.54) is 11.1 Å². The van der Waals surface area contributed by atoms with Crippen molar-refractivity contribution in [1.29, 1.82) is 0 Å². The fourth-order valence-corrected chi connectivity index (χ4v) is 2.46. The van der Waals surface area contributed by atoms with Gasteiger partial charge in [-0.15, -0.1) is 11.6 Å². The number of hydrogen-bond donors (Lipinski definition) is 0. The number of rotatable bonds is 4. The summed E-state index contributed by atoms with van der Waals surface area (Å²) in [6.07, 6.45) is 0. The lowest BCUT2D eigenvalue weighted by atomic mass is 9.79. The molecule has 1 saturated heterocycles. The minimum absolute atomic E-state index is 0.0532. The van der Waals surface area contributed by atoms with Crippen LogP contribution in [0.2, 0.25) is 0 Å². The van der Waals surface area contributed by atoms with Crippen LogP contribution < -0.4 is 4.74 Å². The van der Waals surface area contributed by atoms with Crippen molar-refractivity contribution < 1.29 is 9.47 Å². The molecule has 2 rings (SSSR count). The van der Waals surface area contributed by atoms with Gasteiger partial charge in [-0.2, -0.15) is 0 Å². The number of ether oxygens (including phenoxy) is 2. The van der Waals surface area contributed by atoms with Crippen LogP contribution in [0, 0.1) is 0 Å². The van der Waals surface area contributed by atoms with Crippen molar-refractivity contribution in [3.05, 3.63) is 29.3 Å². The SMILES string of the molecule is COc1cc(C(C)C)ccc1C1(CCl)COC1. The summed E-state index contributed by atoms with van der Waals surface area (Å²) in [5.41, 5.74) is 2.41. The molecule has 0 unspecified atom stereocenters. The molecule has 0 bridgehead atoms. The van der Waals surface area contributed by atoms with Crippen LogP contribution in [0.3, 0.4) is 0 Å². The largest absolute Gasteiger partial charge is 0.496 e. The number of alkyl halides is 1. The Bertz CT molecular complexity index is 392. The van der Waals surface area contributed by atoms with Crippen LogP contribution in [0.4, 0.5) is 0 Å². The van der Waals surface area contributed by atoms with E-state index in [0.717, 1.165) is 5.75 Å². The molecular formula is C14H19ClO2. The third kappa shape index (κ3) is 2.16. The van der Waals surface area contributed by atoms with E-state index in [0.29, 0.717) is 25.0 Å². The normalized spacial score (nSPS) is 17.9. The van der Waals surface area contributed by atoms with Crippen LogP contribution in [-0.2, 0) is 10.2 Å². The van der Waals surface area contributed by atoms with Crippen molar-refractivity contribution in [2.75, 3.05) is 26.2 Å². The maximum atomic E-state index is 6.09. The van der Waals surface area contributed by atoms with Crippen molar-refractivity contribution >= 4 is 11.6 Å². The molecule has 0 atom stereocenters. The van der Waals surface area contributed by atoms with Crippen molar-refractivity contribution in [2.45, 2.75) is 25.2 Å². The van der Waals surface area contributed by atoms with Crippen LogP contribution in [0.5, 0.6) is 5.75 Å². The molecular weight excluding hydrogens is 236 g/mol. The summed E-state index contributed by atoms with van der Waals surface area (Å²) in [7, 11) is 1.71. The van der Waals surface area contributed by atoms with Gasteiger partial charge in [0.15, 0.2) is 0 Å². The Morgan fingerprint density at radius 1 is 1.41 bits per heavy atom. The summed E-state index contributed by atoms with van der Waals surface area (Å²) in [6, 6.07) is 6.42. The molecule has 0 spiro atoms. The van der Waals surface area contributed by atoms with Crippen molar-refractivity contribution in [2.24, 2.45) is 0 Å². The summed E-state index contributed by atoms with van der Waals surface area (Å²) in [5, 5.41) is 0. The average molecular weight is 255 g/mol. The molecule has 17 heavy (non-hydrogen) atoms. The van der Waals surface area contributed by atoms with E-state index in [2.05, 4.69) is 32.0 Å². The first-order chi connectivity index (χ1) is 8.13. The number of benzene rings is 1. The topological polar surface area (TPSA) is 18.5 Å². The van der Waals surface area contributed by atoms with Crippen LogP contribution in [0.25, 0.3) is 0 Å². The predicted octanol–water partition coefficient (Wildman–Crippen LogP) is 3.33. The highest BCUT2D eigenvalue weighted by Crippen LogP contribution is 2.40. The summed E-state index contributed by atoms with van der Waals surface area (Å²) < 4.78 is 10.8. The fraction of sp³-hybridized carbons (Fsp3) is 0.571. The first kappa shape index (κ1) is 12.7. The van der Waals surface area contributed by atoms with E-state index in [9.17, 15) is 0 Å². The molecule has 3 heteroatoms. The molecule has 1 aliphatic heterocycles. The molecule has 2 nitrogen and oxygen atoms in total. The molecule has 0 radical (unpaired) electrons. The van der Waals surface area contributed by atoms with Gasteiger partial charge in [0.2, 0.25) is 0 Å². The maximum absolute atomic E-state index is 6.09. The fourth-order valence-electron chi connectivity index (χ4n) is 2.16. The zero-order valence-corrected chi connectivity index (χ0v) is 11.4. The lowest BCUT2D eigenvalue weighted by molar-refractivity contribution is -0.0489. The average Bonchev–Trinajstić information content (AvgIpc) is 2.28. The first-order valence-electron chi connectivity index (χ1n) is 5.95. The smallest absolute Gasteiger partial charge is 0.123 e. The van der Waals surface area contributed by atoms with Crippen molar-refractivity contribution in [1.82, 2.24) is 0 Å². The first-order valence-corrected chi connectivity index (χ1v) is 6.48. The Hall–Kier alpha value is -0.730. The summed E-state index contributed by atoms with van der Waals surface area (Å²) in [6.45, 7) is 5.73. The number of methoxy groups -OCH3 is 1. The Kier molecular flexibility index (Phi) is 3.64. The summed E-state index contributed by atoms with van der Waals surface area (Å²) >= 11 is 6.09. The van der Waals surface area contributed by atoms with Gasteiger partial charge in [-0.25, -0.2) is 0 Å². The Labute approximate surface area is 108 Å². The van der Waals surface area contributed by atoms with E-state index in [1.54, 1.807) is 7.11 Å². The zero-order valence-electron chi connectivity index (χ0n) is 10.6. The van der Waals surface area contributed by atoms with Crippen LogP contribution in [0.15, 0.2) is 18.2 Å².